The number of hydrogen-bond acceptors (Lipinski definition) is 5. The number of allylic oxidation sites excluding steroid dienone is 1. The van der Waals surface area contributed by atoms with Crippen LogP contribution in [0.3, 0.4) is 0 Å². The van der Waals surface area contributed by atoms with Crippen molar-refractivity contribution in [3.05, 3.63) is 12.2 Å². The number of fused-ring (bicyclic) bond motifs is 5. The first-order chi connectivity index (χ1) is 9.07. The third kappa shape index (κ3) is 1.57. The van der Waals surface area contributed by atoms with Gasteiger partial charge in [-0.3, -0.25) is 19.1 Å². The molecule has 0 aromatic heterocycles. The van der Waals surface area contributed by atoms with Crippen LogP contribution in [0.1, 0.15) is 6.42 Å². The van der Waals surface area contributed by atoms with E-state index in [0.29, 0.717) is 0 Å². The van der Waals surface area contributed by atoms with E-state index >= 15 is 0 Å². The molecule has 20 heavy (non-hydrogen) atoms. The van der Waals surface area contributed by atoms with Gasteiger partial charge in [0.15, 0.2) is 0 Å². The van der Waals surface area contributed by atoms with Crippen LogP contribution in [0.4, 0.5) is 13.2 Å². The molecule has 110 valence electrons. The van der Waals surface area contributed by atoms with E-state index in [9.17, 15) is 31.2 Å². The molecular formula is C10H8F3NO5S. The van der Waals surface area contributed by atoms with Crippen molar-refractivity contribution in [1.82, 2.24) is 5.32 Å². The monoisotopic (exact) mass is 311 g/mol. The predicted molar refractivity (Wildman–Crippen MR) is 56.2 cm³/mol. The van der Waals surface area contributed by atoms with E-state index in [1.165, 1.54) is 6.08 Å². The van der Waals surface area contributed by atoms with Gasteiger partial charge in [-0.25, -0.2) is 0 Å². The maximum absolute atomic E-state index is 12.4. The van der Waals surface area contributed by atoms with Crippen LogP contribution in [0.2, 0.25) is 0 Å². The molecule has 1 aliphatic heterocycles. The maximum Gasteiger partial charge on any atom is 0.523 e. The summed E-state index contributed by atoms with van der Waals surface area (Å²) in [5, 5.41) is 1.99. The molecule has 0 spiro atoms. The van der Waals surface area contributed by atoms with Gasteiger partial charge in [0, 0.05) is 0 Å². The highest BCUT2D eigenvalue weighted by Crippen LogP contribution is 2.56. The molecule has 0 aromatic rings. The molecule has 2 aliphatic carbocycles. The molecule has 4 atom stereocenters. The van der Waals surface area contributed by atoms with Crippen molar-refractivity contribution in [2.24, 2.45) is 17.8 Å². The second-order valence-electron chi connectivity index (χ2n) is 5.02. The van der Waals surface area contributed by atoms with Gasteiger partial charge in [-0.2, -0.15) is 21.6 Å². The van der Waals surface area contributed by atoms with E-state index in [2.05, 4.69) is 4.18 Å². The highest BCUT2D eigenvalue weighted by molar-refractivity contribution is 7.87. The minimum atomic E-state index is -5.85. The first-order valence-electron chi connectivity index (χ1n) is 5.63. The minimum Gasteiger partial charge on any atom is -0.296 e. The Morgan fingerprint density at radius 3 is 2.55 bits per heavy atom. The van der Waals surface area contributed by atoms with Crippen LogP contribution in [-0.2, 0) is 23.9 Å². The standard InChI is InChI=1S/C10H8F3NO5S/c11-10(12,13)20(17,18)19-9-2-1-4(3-9)5-6(9)8(16)14-7(5)15/h1-2,4-6H,3H2,(H,14,15,16). The van der Waals surface area contributed by atoms with Gasteiger partial charge >= 0.3 is 15.6 Å². The third-order valence-electron chi connectivity index (χ3n) is 3.91. The van der Waals surface area contributed by atoms with Crippen molar-refractivity contribution in [3.8, 4) is 0 Å². The van der Waals surface area contributed by atoms with Crippen molar-refractivity contribution in [3.63, 3.8) is 0 Å². The van der Waals surface area contributed by atoms with Crippen LogP contribution in [0.5, 0.6) is 0 Å². The fourth-order valence-corrected chi connectivity index (χ4v) is 3.93. The number of nitrogens with one attached hydrogen (secondary N) is 1. The lowest BCUT2D eigenvalue weighted by Crippen LogP contribution is -2.44. The zero-order valence-corrected chi connectivity index (χ0v) is 10.5. The van der Waals surface area contributed by atoms with Gasteiger partial charge in [-0.05, 0) is 12.3 Å². The van der Waals surface area contributed by atoms with Gasteiger partial charge < -0.3 is 0 Å². The number of halogens is 3. The fourth-order valence-electron chi connectivity index (χ4n) is 3.20. The summed E-state index contributed by atoms with van der Waals surface area (Å²) in [6, 6.07) is 0. The Morgan fingerprint density at radius 2 is 1.95 bits per heavy atom. The average molecular weight is 311 g/mol. The van der Waals surface area contributed by atoms with Gasteiger partial charge in [0.05, 0.1) is 11.8 Å². The molecule has 0 radical (unpaired) electrons. The smallest absolute Gasteiger partial charge is 0.296 e. The summed E-state index contributed by atoms with van der Waals surface area (Å²) < 4.78 is 63.9. The van der Waals surface area contributed by atoms with Crippen LogP contribution in [0, 0.1) is 17.8 Å². The second kappa shape index (κ2) is 3.61. The Labute approximate surface area is 111 Å². The maximum atomic E-state index is 12.4. The number of hydrogen-bond donors (Lipinski definition) is 1. The summed E-state index contributed by atoms with van der Waals surface area (Å²) >= 11 is 0. The summed E-state index contributed by atoms with van der Waals surface area (Å²) in [7, 11) is -5.85. The number of imide groups is 1. The van der Waals surface area contributed by atoms with Gasteiger partial charge in [-0.1, -0.05) is 12.2 Å². The topological polar surface area (TPSA) is 89.5 Å². The molecule has 2 amide bonds. The van der Waals surface area contributed by atoms with E-state index in [1.54, 1.807) is 0 Å². The highest BCUT2D eigenvalue weighted by Gasteiger charge is 2.67. The van der Waals surface area contributed by atoms with E-state index in [1.807, 2.05) is 5.32 Å². The SMILES string of the molecule is O=C1NC(=O)C2C1C1C=CC2(OS(=O)(=O)C(F)(F)F)C1. The van der Waals surface area contributed by atoms with Crippen LogP contribution in [0.15, 0.2) is 12.2 Å². The van der Waals surface area contributed by atoms with Crippen molar-refractivity contribution in [2.45, 2.75) is 17.5 Å². The number of rotatable bonds is 2. The average Bonchev–Trinajstić information content (AvgIpc) is 2.88. The highest BCUT2D eigenvalue weighted by atomic mass is 32.2. The quantitative estimate of drug-likeness (QED) is 0.337. The normalized spacial score (nSPS) is 39.2. The van der Waals surface area contributed by atoms with Crippen molar-refractivity contribution in [1.29, 1.82) is 0 Å². The Bertz CT molecular complexity index is 640. The minimum absolute atomic E-state index is 0.128. The van der Waals surface area contributed by atoms with Crippen molar-refractivity contribution >= 4 is 21.9 Å². The predicted octanol–water partition coefficient (Wildman–Crippen LogP) is 0.0699. The van der Waals surface area contributed by atoms with Crippen LogP contribution < -0.4 is 5.32 Å². The van der Waals surface area contributed by atoms with Crippen LogP contribution >= 0.6 is 0 Å². The largest absolute Gasteiger partial charge is 0.523 e. The second-order valence-corrected chi connectivity index (χ2v) is 6.56. The summed E-state index contributed by atoms with van der Waals surface area (Å²) in [4.78, 5) is 23.2. The lowest BCUT2D eigenvalue weighted by molar-refractivity contribution is -0.128. The molecule has 2 bridgehead atoms. The number of amides is 2. The molecular weight excluding hydrogens is 303 g/mol. The molecule has 10 heteroatoms. The summed E-state index contributed by atoms with van der Waals surface area (Å²) in [6.07, 6.45) is 2.43. The van der Waals surface area contributed by atoms with Gasteiger partial charge in [0.25, 0.3) is 0 Å². The number of alkyl halides is 3. The zero-order valence-electron chi connectivity index (χ0n) is 9.68. The van der Waals surface area contributed by atoms with Crippen LogP contribution in [0.25, 0.3) is 0 Å². The zero-order chi connectivity index (χ0) is 14.9. The summed E-state index contributed by atoms with van der Waals surface area (Å²) in [5.41, 5.74) is -7.50. The molecule has 1 saturated heterocycles. The fraction of sp³-hybridized carbons (Fsp3) is 0.600. The molecule has 0 aromatic carbocycles. The van der Waals surface area contributed by atoms with E-state index in [0.717, 1.165) is 6.08 Å². The van der Waals surface area contributed by atoms with E-state index in [4.69, 9.17) is 0 Å². The molecule has 1 saturated carbocycles. The van der Waals surface area contributed by atoms with Crippen molar-refractivity contribution < 1.29 is 35.4 Å². The molecule has 4 unspecified atom stereocenters. The number of carbonyl (C=O) groups excluding carboxylic acids is 2. The first-order valence-corrected chi connectivity index (χ1v) is 7.04. The van der Waals surface area contributed by atoms with Crippen molar-refractivity contribution in [2.75, 3.05) is 0 Å². The molecule has 1 heterocycles. The molecule has 6 nitrogen and oxygen atoms in total. The van der Waals surface area contributed by atoms with E-state index < -0.39 is 50.8 Å². The molecule has 3 aliphatic rings. The molecule has 1 N–H and O–H groups in total. The Hall–Kier alpha value is -1.42. The van der Waals surface area contributed by atoms with Crippen LogP contribution in [-0.4, -0.2) is 31.3 Å². The van der Waals surface area contributed by atoms with Gasteiger partial charge in [0.1, 0.15) is 5.60 Å². The molecule has 3 rings (SSSR count). The summed E-state index contributed by atoms with van der Waals surface area (Å²) in [5.74, 6) is -4.00. The lowest BCUT2D eigenvalue weighted by atomic mass is 9.83. The third-order valence-corrected chi connectivity index (χ3v) is 5.00. The van der Waals surface area contributed by atoms with E-state index in [-0.39, 0.29) is 6.42 Å². The Kier molecular flexibility index (Phi) is 2.45. The van der Waals surface area contributed by atoms with Gasteiger partial charge in [-0.15, -0.1) is 0 Å². The van der Waals surface area contributed by atoms with Gasteiger partial charge in [0.2, 0.25) is 11.8 Å². The molecule has 2 fully saturated rings. The Balaban J connectivity index is 2.00. The summed E-state index contributed by atoms with van der Waals surface area (Å²) in [6.45, 7) is 0. The Morgan fingerprint density at radius 1 is 1.30 bits per heavy atom. The number of carbonyl (C=O) groups is 2. The lowest BCUT2D eigenvalue weighted by Gasteiger charge is -2.29. The first kappa shape index (κ1) is 13.6.